The summed E-state index contributed by atoms with van der Waals surface area (Å²) in [6.07, 6.45) is 1.72. The molecule has 0 radical (unpaired) electrons. The highest BCUT2D eigenvalue weighted by atomic mass is 16.5. The van der Waals surface area contributed by atoms with Crippen LogP contribution in [-0.2, 0) is 0 Å². The molecule has 0 aliphatic rings. The molecule has 6 nitrogen and oxygen atoms in total. The summed E-state index contributed by atoms with van der Waals surface area (Å²) in [6, 6.07) is 17.8. The van der Waals surface area contributed by atoms with Gasteiger partial charge in [-0.3, -0.25) is 0 Å². The number of para-hydroxylation sites is 2. The zero-order valence-electron chi connectivity index (χ0n) is 15.9. The molecule has 6 heteroatoms. The summed E-state index contributed by atoms with van der Waals surface area (Å²) in [7, 11) is 1.65. The molecule has 140 valence electrons. The van der Waals surface area contributed by atoms with Gasteiger partial charge in [0.05, 0.1) is 12.8 Å². The van der Waals surface area contributed by atoms with E-state index in [0.717, 1.165) is 30.2 Å². The predicted molar refractivity (Wildman–Crippen MR) is 112 cm³/mol. The van der Waals surface area contributed by atoms with Crippen LogP contribution in [0, 0.1) is 0 Å². The number of nitrogens with one attached hydrogen (secondary N) is 2. The van der Waals surface area contributed by atoms with Gasteiger partial charge in [0.2, 0.25) is 5.95 Å². The minimum Gasteiger partial charge on any atom is -0.495 e. The van der Waals surface area contributed by atoms with Gasteiger partial charge in [-0.2, -0.15) is 4.98 Å². The average molecular weight is 363 g/mol. The smallest absolute Gasteiger partial charge is 0.229 e. The molecule has 0 bridgehead atoms. The Bertz CT molecular complexity index is 862. The molecule has 0 saturated carbocycles. The lowest BCUT2D eigenvalue weighted by molar-refractivity contribution is 0.417. The summed E-state index contributed by atoms with van der Waals surface area (Å²) < 4.78 is 5.37. The van der Waals surface area contributed by atoms with Gasteiger partial charge in [-0.15, -0.1) is 0 Å². The number of hydrogen-bond acceptors (Lipinski definition) is 6. The summed E-state index contributed by atoms with van der Waals surface area (Å²) in [5, 5.41) is 6.51. The molecule has 27 heavy (non-hydrogen) atoms. The molecular weight excluding hydrogens is 338 g/mol. The largest absolute Gasteiger partial charge is 0.495 e. The van der Waals surface area contributed by atoms with Crippen LogP contribution >= 0.6 is 0 Å². The molecule has 0 aliphatic carbocycles. The summed E-state index contributed by atoms with van der Waals surface area (Å²) >= 11 is 0. The van der Waals surface area contributed by atoms with E-state index in [1.807, 2.05) is 42.5 Å². The number of rotatable bonds is 8. The molecule has 1 heterocycles. The third-order valence-electron chi connectivity index (χ3n) is 4.28. The number of anilines is 5. The maximum atomic E-state index is 5.37. The Hall–Kier alpha value is -3.28. The zero-order valence-corrected chi connectivity index (χ0v) is 15.9. The van der Waals surface area contributed by atoms with Crippen LogP contribution in [0.5, 0.6) is 5.75 Å². The first-order chi connectivity index (χ1) is 13.2. The summed E-state index contributed by atoms with van der Waals surface area (Å²) in [5.41, 5.74) is 3.01. The molecule has 0 unspecified atom stereocenters. The van der Waals surface area contributed by atoms with E-state index < -0.39 is 0 Å². The van der Waals surface area contributed by atoms with Gasteiger partial charge in [-0.1, -0.05) is 12.1 Å². The molecule has 0 aliphatic heterocycles. The Kier molecular flexibility index (Phi) is 6.10. The average Bonchev–Trinajstić information content (AvgIpc) is 2.71. The van der Waals surface area contributed by atoms with Crippen molar-refractivity contribution in [3.05, 3.63) is 60.8 Å². The fraction of sp³-hybridized carbons (Fsp3) is 0.238. The predicted octanol–water partition coefficient (Wildman–Crippen LogP) is 4.82. The summed E-state index contributed by atoms with van der Waals surface area (Å²) in [5.74, 6) is 1.99. The molecule has 0 fully saturated rings. The van der Waals surface area contributed by atoms with E-state index in [4.69, 9.17) is 4.74 Å². The minimum absolute atomic E-state index is 0.533. The van der Waals surface area contributed by atoms with Gasteiger partial charge in [0.1, 0.15) is 11.6 Å². The van der Waals surface area contributed by atoms with Gasteiger partial charge in [0.15, 0.2) is 0 Å². The molecular formula is C21H25N5O. The van der Waals surface area contributed by atoms with E-state index in [2.05, 4.69) is 51.5 Å². The second-order valence-corrected chi connectivity index (χ2v) is 5.93. The number of aromatic nitrogens is 2. The molecule has 2 N–H and O–H groups in total. The van der Waals surface area contributed by atoms with Crippen molar-refractivity contribution in [2.45, 2.75) is 13.8 Å². The van der Waals surface area contributed by atoms with E-state index in [9.17, 15) is 0 Å². The first kappa shape index (κ1) is 18.5. The lowest BCUT2D eigenvalue weighted by Crippen LogP contribution is -2.21. The third-order valence-corrected chi connectivity index (χ3v) is 4.28. The molecule has 0 spiro atoms. The molecule has 2 aromatic carbocycles. The van der Waals surface area contributed by atoms with Gasteiger partial charge in [0.25, 0.3) is 0 Å². The first-order valence-corrected chi connectivity index (χ1v) is 9.08. The second-order valence-electron chi connectivity index (χ2n) is 5.93. The fourth-order valence-corrected chi connectivity index (χ4v) is 2.85. The Morgan fingerprint density at radius 1 is 0.926 bits per heavy atom. The van der Waals surface area contributed by atoms with E-state index in [-0.39, 0.29) is 0 Å². The quantitative estimate of drug-likeness (QED) is 0.598. The van der Waals surface area contributed by atoms with E-state index >= 15 is 0 Å². The first-order valence-electron chi connectivity index (χ1n) is 9.08. The summed E-state index contributed by atoms with van der Waals surface area (Å²) in [4.78, 5) is 11.1. The molecule has 0 saturated heterocycles. The van der Waals surface area contributed by atoms with Crippen molar-refractivity contribution < 1.29 is 4.74 Å². The SMILES string of the molecule is CCN(CC)c1ccc(Nc2nccc(Nc3ccccc3OC)n2)cc1. The molecule has 0 amide bonds. The maximum Gasteiger partial charge on any atom is 0.229 e. The van der Waals surface area contributed by atoms with Crippen LogP contribution in [0.25, 0.3) is 0 Å². The molecule has 0 atom stereocenters. The highest BCUT2D eigenvalue weighted by molar-refractivity contribution is 5.65. The van der Waals surface area contributed by atoms with Crippen LogP contribution in [0.2, 0.25) is 0 Å². The number of methoxy groups -OCH3 is 1. The standard InChI is InChI=1S/C21H25N5O/c1-4-26(5-2)17-12-10-16(11-13-17)23-21-22-15-14-20(25-21)24-18-8-6-7-9-19(18)27-3/h6-15H,4-5H2,1-3H3,(H2,22,23,24,25). The molecule has 3 rings (SSSR count). The van der Waals surface area contributed by atoms with Gasteiger partial charge >= 0.3 is 0 Å². The Balaban J connectivity index is 1.72. The maximum absolute atomic E-state index is 5.37. The van der Waals surface area contributed by atoms with Crippen molar-refractivity contribution in [2.75, 3.05) is 35.7 Å². The number of benzene rings is 2. The van der Waals surface area contributed by atoms with Crippen molar-refractivity contribution in [3.63, 3.8) is 0 Å². The second kappa shape index (κ2) is 8.89. The zero-order chi connectivity index (χ0) is 19.1. The molecule has 1 aromatic heterocycles. The van der Waals surface area contributed by atoms with Crippen LogP contribution < -0.4 is 20.3 Å². The lowest BCUT2D eigenvalue weighted by atomic mass is 10.2. The highest BCUT2D eigenvalue weighted by Gasteiger charge is 2.06. The van der Waals surface area contributed by atoms with Crippen molar-refractivity contribution in [2.24, 2.45) is 0 Å². The van der Waals surface area contributed by atoms with Crippen molar-refractivity contribution >= 4 is 28.8 Å². The Morgan fingerprint density at radius 2 is 1.67 bits per heavy atom. The number of hydrogen-bond donors (Lipinski definition) is 2. The van der Waals surface area contributed by atoms with E-state index in [0.29, 0.717) is 11.8 Å². The van der Waals surface area contributed by atoms with Crippen LogP contribution in [0.15, 0.2) is 60.8 Å². The Morgan fingerprint density at radius 3 is 2.37 bits per heavy atom. The van der Waals surface area contributed by atoms with Crippen LogP contribution in [0.4, 0.5) is 28.8 Å². The van der Waals surface area contributed by atoms with Crippen LogP contribution in [0.1, 0.15) is 13.8 Å². The van der Waals surface area contributed by atoms with E-state index in [1.54, 1.807) is 13.3 Å². The third kappa shape index (κ3) is 4.67. The summed E-state index contributed by atoms with van der Waals surface area (Å²) in [6.45, 7) is 6.29. The minimum atomic E-state index is 0.533. The molecule has 3 aromatic rings. The van der Waals surface area contributed by atoms with Crippen LogP contribution in [0.3, 0.4) is 0 Å². The highest BCUT2D eigenvalue weighted by Crippen LogP contribution is 2.26. The van der Waals surface area contributed by atoms with Crippen molar-refractivity contribution in [1.29, 1.82) is 0 Å². The number of nitrogens with zero attached hydrogens (tertiary/aromatic N) is 3. The number of ether oxygens (including phenoxy) is 1. The lowest BCUT2D eigenvalue weighted by Gasteiger charge is -2.21. The van der Waals surface area contributed by atoms with Crippen molar-refractivity contribution in [1.82, 2.24) is 9.97 Å². The fourth-order valence-electron chi connectivity index (χ4n) is 2.85. The Labute approximate surface area is 160 Å². The van der Waals surface area contributed by atoms with Gasteiger partial charge in [-0.05, 0) is 56.3 Å². The monoisotopic (exact) mass is 363 g/mol. The van der Waals surface area contributed by atoms with Gasteiger partial charge < -0.3 is 20.3 Å². The van der Waals surface area contributed by atoms with E-state index in [1.165, 1.54) is 5.69 Å². The normalized spacial score (nSPS) is 10.3. The van der Waals surface area contributed by atoms with Gasteiger partial charge in [0, 0.05) is 30.7 Å². The van der Waals surface area contributed by atoms with Crippen LogP contribution in [-0.4, -0.2) is 30.2 Å². The topological polar surface area (TPSA) is 62.3 Å². The van der Waals surface area contributed by atoms with Gasteiger partial charge in [-0.25, -0.2) is 4.98 Å². The van der Waals surface area contributed by atoms with Crippen molar-refractivity contribution in [3.8, 4) is 5.75 Å².